The molecule has 14 heavy (non-hydrogen) atoms. The number of amidine groups is 1. The second kappa shape index (κ2) is 5.31. The number of hydrogen-bond acceptors (Lipinski definition) is 3. The van der Waals surface area contributed by atoms with Crippen LogP contribution in [0, 0.1) is 5.41 Å². The molecule has 0 fully saturated rings. The Balaban J connectivity index is 4.39. The summed E-state index contributed by atoms with van der Waals surface area (Å²) in [6, 6.07) is -0.264. The van der Waals surface area contributed by atoms with Gasteiger partial charge in [-0.1, -0.05) is 6.92 Å². The van der Waals surface area contributed by atoms with Crippen molar-refractivity contribution in [1.82, 2.24) is 4.72 Å². The summed E-state index contributed by atoms with van der Waals surface area (Å²) in [5.41, 5.74) is 5.21. The monoisotopic (exact) mass is 221 g/mol. The molecule has 5 nitrogen and oxygen atoms in total. The highest BCUT2D eigenvalue weighted by molar-refractivity contribution is 7.90. The summed E-state index contributed by atoms with van der Waals surface area (Å²) in [6.45, 7) is 5.09. The van der Waals surface area contributed by atoms with Gasteiger partial charge in [0.1, 0.15) is 0 Å². The molecule has 4 N–H and O–H groups in total. The standard InChI is InChI=1S/C8H19N3O2S/c1-4-7(5-8(9)10)11-14(12,13)6(2)3/h6-7,11H,4-5H2,1-3H3,(H3,9,10). The predicted molar refractivity (Wildman–Crippen MR) is 57.8 cm³/mol. The van der Waals surface area contributed by atoms with Crippen LogP contribution in [0.15, 0.2) is 0 Å². The fourth-order valence-electron chi connectivity index (χ4n) is 0.903. The van der Waals surface area contributed by atoms with Gasteiger partial charge in [-0.3, -0.25) is 5.41 Å². The number of nitrogens with two attached hydrogens (primary N) is 1. The first-order chi connectivity index (χ1) is 6.29. The van der Waals surface area contributed by atoms with Crippen molar-refractivity contribution in [3.05, 3.63) is 0 Å². The number of rotatable bonds is 6. The van der Waals surface area contributed by atoms with Gasteiger partial charge in [0.25, 0.3) is 0 Å². The summed E-state index contributed by atoms with van der Waals surface area (Å²) in [5, 5.41) is 6.63. The van der Waals surface area contributed by atoms with E-state index in [4.69, 9.17) is 11.1 Å². The van der Waals surface area contributed by atoms with Crippen LogP contribution in [0.3, 0.4) is 0 Å². The molecule has 0 aromatic carbocycles. The molecule has 1 unspecified atom stereocenters. The zero-order chi connectivity index (χ0) is 11.4. The molecule has 0 saturated heterocycles. The van der Waals surface area contributed by atoms with E-state index in [-0.39, 0.29) is 18.3 Å². The van der Waals surface area contributed by atoms with Crippen LogP contribution in [0.5, 0.6) is 0 Å². The molecule has 0 aliphatic rings. The van der Waals surface area contributed by atoms with Crippen molar-refractivity contribution < 1.29 is 8.42 Å². The smallest absolute Gasteiger partial charge is 0.214 e. The quantitative estimate of drug-likeness (QED) is 0.448. The van der Waals surface area contributed by atoms with Crippen molar-refractivity contribution in [3.8, 4) is 0 Å². The van der Waals surface area contributed by atoms with Crippen molar-refractivity contribution >= 4 is 15.9 Å². The van der Waals surface area contributed by atoms with E-state index in [1.54, 1.807) is 13.8 Å². The van der Waals surface area contributed by atoms with E-state index >= 15 is 0 Å². The molecule has 0 aliphatic heterocycles. The van der Waals surface area contributed by atoms with E-state index in [1.165, 1.54) is 0 Å². The van der Waals surface area contributed by atoms with E-state index in [1.807, 2.05) is 6.92 Å². The van der Waals surface area contributed by atoms with Gasteiger partial charge in [0.05, 0.1) is 11.1 Å². The minimum absolute atomic E-state index is 0.00306. The molecule has 6 heteroatoms. The summed E-state index contributed by atoms with van der Waals surface area (Å²) >= 11 is 0. The fourth-order valence-corrected chi connectivity index (χ4v) is 1.89. The Kier molecular flexibility index (Phi) is 5.07. The molecule has 0 heterocycles. The van der Waals surface area contributed by atoms with E-state index in [0.29, 0.717) is 6.42 Å². The highest BCUT2D eigenvalue weighted by Crippen LogP contribution is 2.03. The van der Waals surface area contributed by atoms with Crippen molar-refractivity contribution in [1.29, 1.82) is 5.41 Å². The van der Waals surface area contributed by atoms with Gasteiger partial charge < -0.3 is 5.73 Å². The van der Waals surface area contributed by atoms with E-state index < -0.39 is 15.3 Å². The summed E-state index contributed by atoms with van der Waals surface area (Å²) in [7, 11) is -3.26. The Hall–Kier alpha value is -0.620. The Labute approximate surface area is 85.6 Å². The van der Waals surface area contributed by atoms with E-state index in [2.05, 4.69) is 4.72 Å². The highest BCUT2D eigenvalue weighted by atomic mass is 32.2. The Morgan fingerprint density at radius 2 is 2.00 bits per heavy atom. The summed E-state index contributed by atoms with van der Waals surface area (Å²) in [5.74, 6) is 0.00306. The average Bonchev–Trinajstić information content (AvgIpc) is 2.01. The maximum atomic E-state index is 11.5. The van der Waals surface area contributed by atoms with Gasteiger partial charge in [0, 0.05) is 12.5 Å². The van der Waals surface area contributed by atoms with Crippen molar-refractivity contribution in [2.75, 3.05) is 0 Å². The van der Waals surface area contributed by atoms with Crippen LogP contribution in [0.2, 0.25) is 0 Å². The lowest BCUT2D eigenvalue weighted by Gasteiger charge is -2.17. The number of nitrogens with one attached hydrogen (secondary N) is 2. The minimum atomic E-state index is -3.26. The molecule has 0 radical (unpaired) electrons. The molecule has 0 saturated carbocycles. The predicted octanol–water partition coefficient (Wildman–Crippen LogP) is 0.419. The lowest BCUT2D eigenvalue weighted by molar-refractivity contribution is 0.538. The second-order valence-corrected chi connectivity index (χ2v) is 5.81. The molecule has 0 rings (SSSR count). The minimum Gasteiger partial charge on any atom is -0.388 e. The van der Waals surface area contributed by atoms with Crippen LogP contribution in [0.4, 0.5) is 0 Å². The summed E-state index contributed by atoms with van der Waals surface area (Å²) in [6.07, 6.45) is 0.897. The molecule has 1 atom stereocenters. The number of hydrogen-bond donors (Lipinski definition) is 3. The van der Waals surface area contributed by atoms with Crippen molar-refractivity contribution in [3.63, 3.8) is 0 Å². The molecule has 0 aliphatic carbocycles. The lowest BCUT2D eigenvalue weighted by atomic mass is 10.1. The second-order valence-electron chi connectivity index (χ2n) is 3.55. The topological polar surface area (TPSA) is 96.0 Å². The lowest BCUT2D eigenvalue weighted by Crippen LogP contribution is -2.40. The number of sulfonamides is 1. The summed E-state index contributed by atoms with van der Waals surface area (Å²) in [4.78, 5) is 0. The van der Waals surface area contributed by atoms with Crippen LogP contribution in [-0.2, 0) is 10.0 Å². The van der Waals surface area contributed by atoms with Crippen LogP contribution < -0.4 is 10.5 Å². The molecule has 0 bridgehead atoms. The van der Waals surface area contributed by atoms with Gasteiger partial charge >= 0.3 is 0 Å². The van der Waals surface area contributed by atoms with Gasteiger partial charge in [-0.05, 0) is 20.3 Å². The Morgan fingerprint density at radius 1 is 1.50 bits per heavy atom. The largest absolute Gasteiger partial charge is 0.388 e. The van der Waals surface area contributed by atoms with Gasteiger partial charge in [0.15, 0.2) is 0 Å². The Morgan fingerprint density at radius 3 is 2.29 bits per heavy atom. The van der Waals surface area contributed by atoms with E-state index in [9.17, 15) is 8.42 Å². The first-order valence-corrected chi connectivity index (χ1v) is 6.18. The first kappa shape index (κ1) is 13.4. The zero-order valence-corrected chi connectivity index (χ0v) is 9.69. The molecule has 0 amide bonds. The van der Waals surface area contributed by atoms with Gasteiger partial charge in [-0.15, -0.1) is 0 Å². The third-order valence-electron chi connectivity index (χ3n) is 1.91. The van der Waals surface area contributed by atoms with Crippen LogP contribution in [-0.4, -0.2) is 25.5 Å². The highest BCUT2D eigenvalue weighted by Gasteiger charge is 2.20. The molecular formula is C8H19N3O2S. The fraction of sp³-hybridized carbons (Fsp3) is 0.875. The average molecular weight is 221 g/mol. The van der Waals surface area contributed by atoms with E-state index in [0.717, 1.165) is 0 Å². The van der Waals surface area contributed by atoms with Gasteiger partial charge in [0.2, 0.25) is 10.0 Å². The first-order valence-electron chi connectivity index (χ1n) is 4.63. The third-order valence-corrected chi connectivity index (χ3v) is 3.81. The third kappa shape index (κ3) is 4.57. The van der Waals surface area contributed by atoms with Crippen LogP contribution >= 0.6 is 0 Å². The SMILES string of the molecule is CCC(CC(=N)N)NS(=O)(=O)C(C)C. The van der Waals surface area contributed by atoms with Crippen LogP contribution in [0.25, 0.3) is 0 Å². The Bertz CT molecular complexity index is 285. The zero-order valence-electron chi connectivity index (χ0n) is 8.87. The van der Waals surface area contributed by atoms with Gasteiger partial charge in [-0.25, -0.2) is 13.1 Å². The van der Waals surface area contributed by atoms with Crippen molar-refractivity contribution in [2.45, 2.75) is 44.9 Å². The molecular weight excluding hydrogens is 202 g/mol. The maximum Gasteiger partial charge on any atom is 0.214 e. The summed E-state index contributed by atoms with van der Waals surface area (Å²) < 4.78 is 25.4. The molecule has 0 aromatic heterocycles. The van der Waals surface area contributed by atoms with Crippen LogP contribution in [0.1, 0.15) is 33.6 Å². The maximum absolute atomic E-state index is 11.5. The molecule has 0 aromatic rings. The normalized spacial score (nSPS) is 14.3. The van der Waals surface area contributed by atoms with Crippen molar-refractivity contribution in [2.24, 2.45) is 5.73 Å². The van der Waals surface area contributed by atoms with Gasteiger partial charge in [-0.2, -0.15) is 0 Å². The molecule has 84 valence electrons. The molecule has 0 spiro atoms.